The maximum Gasteiger partial charge on any atom is 0.389 e. The number of hydrogen-bond acceptors (Lipinski definition) is 4. The fourth-order valence-corrected chi connectivity index (χ4v) is 2.80. The minimum absolute atomic E-state index is 0. The summed E-state index contributed by atoms with van der Waals surface area (Å²) < 4.78 is 43.2. The highest BCUT2D eigenvalue weighted by Gasteiger charge is 2.32. The molecule has 1 atom stereocenters. The van der Waals surface area contributed by atoms with Gasteiger partial charge in [-0.2, -0.15) is 13.2 Å². The van der Waals surface area contributed by atoms with Crippen molar-refractivity contribution in [3.63, 3.8) is 0 Å². The maximum atomic E-state index is 12.6. The number of alkyl halides is 3. The molecule has 0 unspecified atom stereocenters. The van der Waals surface area contributed by atoms with E-state index in [-0.39, 0.29) is 30.6 Å². The number of methoxy groups -OCH3 is 1. The van der Waals surface area contributed by atoms with Crippen LogP contribution in [0, 0.1) is 0 Å². The first-order valence-electron chi connectivity index (χ1n) is 7.29. The average Bonchev–Trinajstić information content (AvgIpc) is 2.48. The number of benzene rings is 1. The smallest absolute Gasteiger partial charge is 0.389 e. The Morgan fingerprint density at radius 1 is 1.30 bits per heavy atom. The van der Waals surface area contributed by atoms with Gasteiger partial charge in [0.1, 0.15) is 11.5 Å². The molecule has 1 heterocycles. The normalized spacial score (nSPS) is 17.4. The molecule has 2 N–H and O–H groups in total. The molecule has 132 valence electrons. The third kappa shape index (κ3) is 5.75. The number of hydrogen-bond donors (Lipinski definition) is 2. The Hall–Kier alpha value is -1.18. The van der Waals surface area contributed by atoms with Crippen LogP contribution in [0.4, 0.5) is 13.2 Å². The SMILES string of the molecule is COc1cc(O)ccc1[C@H](CCC(F)(F)F)N1CCNCC1.Cl. The van der Waals surface area contributed by atoms with Gasteiger partial charge in [0.25, 0.3) is 0 Å². The lowest BCUT2D eigenvalue weighted by atomic mass is 9.98. The molecule has 23 heavy (non-hydrogen) atoms. The minimum atomic E-state index is -4.18. The first-order chi connectivity index (χ1) is 10.4. The van der Waals surface area contributed by atoms with Gasteiger partial charge in [-0.15, -0.1) is 12.4 Å². The summed E-state index contributed by atoms with van der Waals surface area (Å²) in [6.45, 7) is 2.88. The van der Waals surface area contributed by atoms with E-state index in [1.807, 2.05) is 4.90 Å². The fraction of sp³-hybridized carbons (Fsp3) is 0.600. The van der Waals surface area contributed by atoms with E-state index in [2.05, 4.69) is 5.32 Å². The first-order valence-corrected chi connectivity index (χ1v) is 7.29. The van der Waals surface area contributed by atoms with E-state index in [9.17, 15) is 18.3 Å². The van der Waals surface area contributed by atoms with Crippen molar-refractivity contribution in [3.8, 4) is 11.5 Å². The lowest BCUT2D eigenvalue weighted by Gasteiger charge is -2.36. The molecule has 8 heteroatoms. The molecule has 0 spiro atoms. The van der Waals surface area contributed by atoms with Crippen molar-refractivity contribution in [1.82, 2.24) is 10.2 Å². The highest BCUT2D eigenvalue weighted by atomic mass is 35.5. The second-order valence-corrected chi connectivity index (χ2v) is 5.38. The van der Waals surface area contributed by atoms with Crippen LogP contribution in [-0.4, -0.2) is 49.5 Å². The van der Waals surface area contributed by atoms with E-state index >= 15 is 0 Å². The molecule has 1 aliphatic rings. The summed E-state index contributed by atoms with van der Waals surface area (Å²) in [4.78, 5) is 2.04. The number of ether oxygens (including phenoxy) is 1. The van der Waals surface area contributed by atoms with Crippen molar-refractivity contribution < 1.29 is 23.0 Å². The monoisotopic (exact) mass is 354 g/mol. The van der Waals surface area contributed by atoms with Gasteiger partial charge in [0, 0.05) is 50.3 Å². The highest BCUT2D eigenvalue weighted by molar-refractivity contribution is 5.85. The van der Waals surface area contributed by atoms with Crippen molar-refractivity contribution in [1.29, 1.82) is 0 Å². The largest absolute Gasteiger partial charge is 0.508 e. The van der Waals surface area contributed by atoms with Crippen LogP contribution in [0.2, 0.25) is 0 Å². The molecule has 0 aliphatic carbocycles. The predicted molar refractivity (Wildman–Crippen MR) is 84.4 cm³/mol. The van der Waals surface area contributed by atoms with Gasteiger partial charge in [-0.3, -0.25) is 4.90 Å². The van der Waals surface area contributed by atoms with Crippen LogP contribution >= 0.6 is 12.4 Å². The summed E-state index contributed by atoms with van der Waals surface area (Å²) in [5.74, 6) is 0.459. The standard InChI is InChI=1S/C15H21F3N2O2.ClH/c1-22-14-10-11(21)2-3-12(14)13(4-5-15(16,17)18)20-8-6-19-7-9-20;/h2-3,10,13,19,21H,4-9H2,1H3;1H/t13-;/m0./s1. The summed E-state index contributed by atoms with van der Waals surface area (Å²) in [5, 5.41) is 12.7. The van der Waals surface area contributed by atoms with Gasteiger partial charge < -0.3 is 15.2 Å². The molecule has 1 aromatic carbocycles. The van der Waals surface area contributed by atoms with Crippen molar-refractivity contribution in [2.75, 3.05) is 33.3 Å². The van der Waals surface area contributed by atoms with E-state index in [1.165, 1.54) is 19.2 Å². The second-order valence-electron chi connectivity index (χ2n) is 5.38. The number of piperazine rings is 1. The number of phenols is 1. The zero-order valence-electron chi connectivity index (χ0n) is 12.9. The van der Waals surface area contributed by atoms with E-state index in [0.717, 1.165) is 13.1 Å². The molecular weight excluding hydrogens is 333 g/mol. The number of aromatic hydroxyl groups is 1. The van der Waals surface area contributed by atoms with Gasteiger partial charge in [-0.05, 0) is 12.5 Å². The third-order valence-electron chi connectivity index (χ3n) is 3.87. The Morgan fingerprint density at radius 3 is 2.52 bits per heavy atom. The van der Waals surface area contributed by atoms with Crippen LogP contribution in [0.1, 0.15) is 24.4 Å². The number of nitrogens with one attached hydrogen (secondary N) is 1. The molecule has 4 nitrogen and oxygen atoms in total. The van der Waals surface area contributed by atoms with E-state index < -0.39 is 12.6 Å². The van der Waals surface area contributed by atoms with Crippen molar-refractivity contribution in [2.45, 2.75) is 25.1 Å². The van der Waals surface area contributed by atoms with E-state index in [1.54, 1.807) is 6.07 Å². The molecule has 1 aromatic rings. The molecule has 0 aromatic heterocycles. The van der Waals surface area contributed by atoms with Crippen LogP contribution in [0.25, 0.3) is 0 Å². The number of halogens is 4. The second kappa shape index (κ2) is 8.61. The summed E-state index contributed by atoms with van der Waals surface area (Å²) in [6, 6.07) is 4.20. The quantitative estimate of drug-likeness (QED) is 0.853. The molecule has 0 radical (unpaired) electrons. The van der Waals surface area contributed by atoms with Gasteiger partial charge in [0.15, 0.2) is 0 Å². The molecule has 0 bridgehead atoms. The van der Waals surface area contributed by atoms with Crippen LogP contribution in [0.15, 0.2) is 18.2 Å². The molecule has 1 aliphatic heterocycles. The minimum Gasteiger partial charge on any atom is -0.508 e. The summed E-state index contributed by atoms with van der Waals surface area (Å²) in [5.41, 5.74) is 0.687. The number of rotatable bonds is 5. The van der Waals surface area contributed by atoms with Crippen LogP contribution in [0.3, 0.4) is 0 Å². The summed E-state index contributed by atoms with van der Waals surface area (Å²) >= 11 is 0. The van der Waals surface area contributed by atoms with Gasteiger partial charge in [0.2, 0.25) is 0 Å². The molecule has 2 rings (SSSR count). The third-order valence-corrected chi connectivity index (χ3v) is 3.87. The molecule has 1 fully saturated rings. The van der Waals surface area contributed by atoms with Crippen molar-refractivity contribution in [3.05, 3.63) is 23.8 Å². The summed E-state index contributed by atoms with van der Waals surface area (Å²) in [6.07, 6.45) is -5.05. The molecule has 0 amide bonds. The zero-order valence-corrected chi connectivity index (χ0v) is 13.7. The zero-order chi connectivity index (χ0) is 16.2. The van der Waals surface area contributed by atoms with E-state index in [4.69, 9.17) is 4.74 Å². The average molecular weight is 355 g/mol. The fourth-order valence-electron chi connectivity index (χ4n) is 2.80. The highest BCUT2D eigenvalue weighted by Crippen LogP contribution is 2.37. The van der Waals surface area contributed by atoms with Crippen LogP contribution < -0.4 is 10.1 Å². The van der Waals surface area contributed by atoms with Gasteiger partial charge >= 0.3 is 6.18 Å². The van der Waals surface area contributed by atoms with E-state index in [0.29, 0.717) is 24.4 Å². The number of phenolic OH excluding ortho intramolecular Hbond substituents is 1. The summed E-state index contributed by atoms with van der Waals surface area (Å²) in [7, 11) is 1.46. The predicted octanol–water partition coefficient (Wildman–Crippen LogP) is 3.11. The Kier molecular flexibility index (Phi) is 7.44. The molecule has 1 saturated heterocycles. The van der Waals surface area contributed by atoms with Crippen molar-refractivity contribution in [2.24, 2.45) is 0 Å². The number of nitrogens with zero attached hydrogens (tertiary/aromatic N) is 1. The van der Waals surface area contributed by atoms with Gasteiger partial charge in [-0.1, -0.05) is 6.07 Å². The lowest BCUT2D eigenvalue weighted by Crippen LogP contribution is -2.45. The molecular formula is C15H22ClF3N2O2. The van der Waals surface area contributed by atoms with Gasteiger partial charge in [0.05, 0.1) is 7.11 Å². The molecule has 0 saturated carbocycles. The Labute approximate surface area is 140 Å². The first kappa shape index (κ1) is 19.9. The Balaban J connectivity index is 0.00000264. The topological polar surface area (TPSA) is 44.7 Å². The van der Waals surface area contributed by atoms with Crippen LogP contribution in [-0.2, 0) is 0 Å². The Morgan fingerprint density at radius 2 is 1.96 bits per heavy atom. The van der Waals surface area contributed by atoms with Crippen LogP contribution in [0.5, 0.6) is 11.5 Å². The lowest BCUT2D eigenvalue weighted by molar-refractivity contribution is -0.138. The Bertz CT molecular complexity index is 494. The maximum absolute atomic E-state index is 12.6. The van der Waals surface area contributed by atoms with Crippen molar-refractivity contribution >= 4 is 12.4 Å². The van der Waals surface area contributed by atoms with Gasteiger partial charge in [-0.25, -0.2) is 0 Å².